The first kappa shape index (κ1) is 20.0. The van der Waals surface area contributed by atoms with Gasteiger partial charge < -0.3 is 30.7 Å². The molecule has 148 valence electrons. The van der Waals surface area contributed by atoms with Gasteiger partial charge in [0, 0.05) is 17.7 Å². The van der Waals surface area contributed by atoms with Crippen LogP contribution in [0.15, 0.2) is 60.7 Å². The topological polar surface area (TPSA) is 128 Å². The molecule has 1 aliphatic heterocycles. The third-order valence-corrected chi connectivity index (χ3v) is 4.55. The maximum atomic E-state index is 12.2. The molecule has 3 rings (SSSR count). The van der Waals surface area contributed by atoms with Gasteiger partial charge in [-0.2, -0.15) is 0 Å². The fourth-order valence-electron chi connectivity index (χ4n) is 2.98. The molecule has 1 heterocycles. The van der Waals surface area contributed by atoms with E-state index in [0.29, 0.717) is 11.1 Å². The van der Waals surface area contributed by atoms with Crippen molar-refractivity contribution in [2.45, 2.75) is 30.6 Å². The van der Waals surface area contributed by atoms with Crippen molar-refractivity contribution in [2.75, 3.05) is 6.54 Å². The SMILES string of the molecule is O=C(NCC1OC(O)C(NC(=O)c2ccccc2)C(O)C1O)c1ccccc1. The Kier molecular flexibility index (Phi) is 6.37. The number of hydrogen-bond donors (Lipinski definition) is 5. The minimum absolute atomic E-state index is 0.123. The van der Waals surface area contributed by atoms with Gasteiger partial charge in [0.05, 0.1) is 0 Å². The van der Waals surface area contributed by atoms with E-state index >= 15 is 0 Å². The van der Waals surface area contributed by atoms with E-state index in [2.05, 4.69) is 10.6 Å². The molecule has 8 heteroatoms. The average Bonchev–Trinajstić information content (AvgIpc) is 2.73. The van der Waals surface area contributed by atoms with Gasteiger partial charge in [0.25, 0.3) is 11.8 Å². The van der Waals surface area contributed by atoms with Gasteiger partial charge in [-0.05, 0) is 24.3 Å². The van der Waals surface area contributed by atoms with Crippen molar-refractivity contribution in [3.05, 3.63) is 71.8 Å². The van der Waals surface area contributed by atoms with Crippen LogP contribution in [-0.4, -0.2) is 64.3 Å². The van der Waals surface area contributed by atoms with Crippen LogP contribution in [0.4, 0.5) is 0 Å². The van der Waals surface area contributed by atoms with Crippen LogP contribution in [0.2, 0.25) is 0 Å². The molecule has 5 N–H and O–H groups in total. The molecule has 5 atom stereocenters. The van der Waals surface area contributed by atoms with Crippen LogP contribution in [0.1, 0.15) is 20.7 Å². The lowest BCUT2D eigenvalue weighted by Crippen LogP contribution is -2.65. The van der Waals surface area contributed by atoms with E-state index in [1.807, 2.05) is 0 Å². The summed E-state index contributed by atoms with van der Waals surface area (Å²) in [4.78, 5) is 24.3. The molecule has 0 saturated carbocycles. The highest BCUT2D eigenvalue weighted by atomic mass is 16.6. The minimum atomic E-state index is -1.55. The lowest BCUT2D eigenvalue weighted by atomic mass is 9.96. The minimum Gasteiger partial charge on any atom is -0.388 e. The number of carbonyl (C=O) groups is 2. The summed E-state index contributed by atoms with van der Waals surface area (Å²) in [6.45, 7) is -0.123. The maximum absolute atomic E-state index is 12.2. The molecule has 28 heavy (non-hydrogen) atoms. The Balaban J connectivity index is 1.58. The third kappa shape index (κ3) is 4.55. The van der Waals surface area contributed by atoms with Crippen LogP contribution in [-0.2, 0) is 4.74 Å². The number of ether oxygens (including phenoxy) is 1. The first-order chi connectivity index (χ1) is 13.5. The summed E-state index contributed by atoms with van der Waals surface area (Å²) in [7, 11) is 0. The molecule has 5 unspecified atom stereocenters. The number of aliphatic hydroxyl groups is 3. The summed E-state index contributed by atoms with van der Waals surface area (Å²) < 4.78 is 5.32. The zero-order chi connectivity index (χ0) is 20.1. The first-order valence-corrected chi connectivity index (χ1v) is 8.86. The van der Waals surface area contributed by atoms with E-state index in [4.69, 9.17) is 4.74 Å². The second-order valence-electron chi connectivity index (χ2n) is 6.49. The molecule has 0 spiro atoms. The fourth-order valence-corrected chi connectivity index (χ4v) is 2.98. The van der Waals surface area contributed by atoms with Crippen LogP contribution in [0.5, 0.6) is 0 Å². The molecule has 2 amide bonds. The molecule has 0 radical (unpaired) electrons. The van der Waals surface area contributed by atoms with E-state index in [9.17, 15) is 24.9 Å². The van der Waals surface area contributed by atoms with Crippen LogP contribution >= 0.6 is 0 Å². The quantitative estimate of drug-likeness (QED) is 0.478. The summed E-state index contributed by atoms with van der Waals surface area (Å²) in [5.41, 5.74) is 0.774. The Bertz CT molecular complexity index is 799. The third-order valence-electron chi connectivity index (χ3n) is 4.55. The highest BCUT2D eigenvalue weighted by Crippen LogP contribution is 2.20. The van der Waals surface area contributed by atoms with E-state index in [1.54, 1.807) is 60.7 Å². The summed E-state index contributed by atoms with van der Waals surface area (Å²) >= 11 is 0. The number of aliphatic hydroxyl groups excluding tert-OH is 3. The summed E-state index contributed by atoms with van der Waals surface area (Å²) in [6.07, 6.45) is -5.48. The van der Waals surface area contributed by atoms with Crippen molar-refractivity contribution in [1.82, 2.24) is 10.6 Å². The van der Waals surface area contributed by atoms with Gasteiger partial charge in [-0.3, -0.25) is 9.59 Å². The first-order valence-electron chi connectivity index (χ1n) is 8.86. The molecule has 0 bridgehead atoms. The maximum Gasteiger partial charge on any atom is 0.251 e. The number of amides is 2. The van der Waals surface area contributed by atoms with Gasteiger partial charge in [-0.15, -0.1) is 0 Å². The van der Waals surface area contributed by atoms with Gasteiger partial charge in [0.2, 0.25) is 0 Å². The fraction of sp³-hybridized carbons (Fsp3) is 0.300. The molecule has 2 aromatic carbocycles. The number of rotatable bonds is 5. The van der Waals surface area contributed by atoms with Gasteiger partial charge in [-0.25, -0.2) is 0 Å². The zero-order valence-corrected chi connectivity index (χ0v) is 14.9. The monoisotopic (exact) mass is 386 g/mol. The van der Waals surface area contributed by atoms with E-state index in [-0.39, 0.29) is 12.5 Å². The average molecular weight is 386 g/mol. The lowest BCUT2D eigenvalue weighted by molar-refractivity contribution is -0.243. The number of nitrogens with one attached hydrogen (secondary N) is 2. The lowest BCUT2D eigenvalue weighted by Gasteiger charge is -2.41. The van der Waals surface area contributed by atoms with Crippen LogP contribution in [0.25, 0.3) is 0 Å². The molecular formula is C20H22N2O6. The standard InChI is InChI=1S/C20H22N2O6/c23-16-14(11-21-18(25)12-7-3-1-4-8-12)28-20(27)15(17(16)24)22-19(26)13-9-5-2-6-10-13/h1-10,14-17,20,23-24,27H,11H2,(H,21,25)(H,22,26). The Morgan fingerprint density at radius 1 is 0.821 bits per heavy atom. The van der Waals surface area contributed by atoms with E-state index < -0.39 is 36.6 Å². The second-order valence-corrected chi connectivity index (χ2v) is 6.49. The van der Waals surface area contributed by atoms with E-state index in [1.165, 1.54) is 0 Å². The number of carbonyl (C=O) groups excluding carboxylic acids is 2. The highest BCUT2D eigenvalue weighted by molar-refractivity contribution is 5.94. The molecule has 1 saturated heterocycles. The number of benzene rings is 2. The Morgan fingerprint density at radius 2 is 1.36 bits per heavy atom. The molecule has 1 aliphatic rings. The van der Waals surface area contributed by atoms with Gasteiger partial charge >= 0.3 is 0 Å². The molecule has 0 aromatic heterocycles. The van der Waals surface area contributed by atoms with Crippen molar-refractivity contribution in [3.63, 3.8) is 0 Å². The van der Waals surface area contributed by atoms with Crippen LogP contribution in [0.3, 0.4) is 0 Å². The normalized spacial score (nSPS) is 27.0. The van der Waals surface area contributed by atoms with Crippen molar-refractivity contribution < 1.29 is 29.6 Å². The smallest absolute Gasteiger partial charge is 0.251 e. The molecular weight excluding hydrogens is 364 g/mol. The molecule has 1 fully saturated rings. The zero-order valence-electron chi connectivity index (χ0n) is 14.9. The summed E-state index contributed by atoms with van der Waals surface area (Å²) in [5.74, 6) is -0.893. The summed E-state index contributed by atoms with van der Waals surface area (Å²) in [6, 6.07) is 15.5. The Labute approximate surface area is 161 Å². The van der Waals surface area contributed by atoms with Crippen LogP contribution in [0, 0.1) is 0 Å². The van der Waals surface area contributed by atoms with Gasteiger partial charge in [0.15, 0.2) is 6.29 Å². The predicted molar refractivity (Wildman–Crippen MR) is 99.4 cm³/mol. The van der Waals surface area contributed by atoms with Crippen molar-refractivity contribution in [1.29, 1.82) is 0 Å². The largest absolute Gasteiger partial charge is 0.388 e. The molecule has 8 nitrogen and oxygen atoms in total. The van der Waals surface area contributed by atoms with Gasteiger partial charge in [0.1, 0.15) is 24.4 Å². The summed E-state index contributed by atoms with van der Waals surface area (Å²) in [5, 5.41) is 35.9. The van der Waals surface area contributed by atoms with Crippen molar-refractivity contribution in [2.24, 2.45) is 0 Å². The van der Waals surface area contributed by atoms with Gasteiger partial charge in [-0.1, -0.05) is 36.4 Å². The Hall–Kier alpha value is -2.78. The second kappa shape index (κ2) is 8.94. The highest BCUT2D eigenvalue weighted by Gasteiger charge is 2.44. The molecule has 0 aliphatic carbocycles. The Morgan fingerprint density at radius 3 is 1.93 bits per heavy atom. The van der Waals surface area contributed by atoms with Crippen LogP contribution < -0.4 is 10.6 Å². The van der Waals surface area contributed by atoms with Crippen molar-refractivity contribution in [3.8, 4) is 0 Å². The van der Waals surface area contributed by atoms with E-state index in [0.717, 1.165) is 0 Å². The number of hydrogen-bond acceptors (Lipinski definition) is 6. The predicted octanol–water partition coefficient (Wildman–Crippen LogP) is -0.346. The molecule has 2 aromatic rings. The van der Waals surface area contributed by atoms with Crippen molar-refractivity contribution >= 4 is 11.8 Å².